The van der Waals surface area contributed by atoms with Gasteiger partial charge >= 0.3 is 0 Å². The molecule has 3 unspecified atom stereocenters. The Labute approximate surface area is 278 Å². The molecule has 0 N–H and O–H groups in total. The predicted molar refractivity (Wildman–Crippen MR) is 200 cm³/mol. The van der Waals surface area contributed by atoms with E-state index in [0.29, 0.717) is 0 Å². The van der Waals surface area contributed by atoms with Crippen molar-refractivity contribution < 1.29 is 0 Å². The number of aryl methyl sites for hydroxylation is 3. The van der Waals surface area contributed by atoms with Gasteiger partial charge in [-0.05, 0) is 81.7 Å². The monoisotopic (exact) mass is 617 g/mol. The SMILES string of the molecule is C=CCN1CCN(c2ccc(C)cc2)CC1.CCCCCCC.Cc1ccc(C)c(N2CCN(C(C)C3CCC(C)C3)CC2)c1. The summed E-state index contributed by atoms with van der Waals surface area (Å²) in [4.78, 5) is 10.2. The van der Waals surface area contributed by atoms with E-state index in [2.05, 4.69) is 117 Å². The molecule has 2 aromatic rings. The molecule has 3 fully saturated rings. The van der Waals surface area contributed by atoms with Gasteiger partial charge in [0.25, 0.3) is 0 Å². The first-order chi connectivity index (χ1) is 21.7. The number of anilines is 2. The minimum Gasteiger partial charge on any atom is -0.369 e. The summed E-state index contributed by atoms with van der Waals surface area (Å²) in [6, 6.07) is 16.4. The molecular formula is C41H68N4. The molecule has 3 aliphatic rings. The highest BCUT2D eigenvalue weighted by Gasteiger charge is 2.31. The van der Waals surface area contributed by atoms with Crippen LogP contribution in [0.15, 0.2) is 55.1 Å². The van der Waals surface area contributed by atoms with Crippen molar-refractivity contribution in [3.05, 3.63) is 71.8 Å². The van der Waals surface area contributed by atoms with E-state index < -0.39 is 0 Å². The molecule has 0 amide bonds. The molecule has 5 rings (SSSR count). The van der Waals surface area contributed by atoms with Crippen molar-refractivity contribution in [2.75, 3.05) is 68.7 Å². The molecule has 2 aromatic carbocycles. The van der Waals surface area contributed by atoms with E-state index in [9.17, 15) is 0 Å². The highest BCUT2D eigenvalue weighted by Crippen LogP contribution is 2.35. The topological polar surface area (TPSA) is 13.0 Å². The Morgan fingerprint density at radius 1 is 0.756 bits per heavy atom. The Kier molecular flexibility index (Phi) is 16.6. The van der Waals surface area contributed by atoms with Crippen molar-refractivity contribution in [2.45, 2.75) is 106 Å². The van der Waals surface area contributed by atoms with Crippen LogP contribution in [0.25, 0.3) is 0 Å². The Hall–Kier alpha value is -2.30. The molecule has 0 aromatic heterocycles. The van der Waals surface area contributed by atoms with Crippen LogP contribution in [0.4, 0.5) is 11.4 Å². The summed E-state index contributed by atoms with van der Waals surface area (Å²) in [7, 11) is 0. The molecule has 2 heterocycles. The lowest BCUT2D eigenvalue weighted by molar-refractivity contribution is 0.145. The Morgan fingerprint density at radius 3 is 1.91 bits per heavy atom. The molecule has 1 aliphatic carbocycles. The fraction of sp³-hybridized carbons (Fsp3) is 0.659. The summed E-state index contributed by atoms with van der Waals surface area (Å²) in [5, 5.41) is 0. The highest BCUT2D eigenvalue weighted by molar-refractivity contribution is 5.55. The average Bonchev–Trinajstić information content (AvgIpc) is 3.50. The molecular weight excluding hydrogens is 548 g/mol. The van der Waals surface area contributed by atoms with Crippen molar-refractivity contribution in [1.82, 2.24) is 9.80 Å². The average molecular weight is 617 g/mol. The van der Waals surface area contributed by atoms with Crippen LogP contribution >= 0.6 is 0 Å². The molecule has 0 bridgehead atoms. The standard InChI is InChI=1S/C20H32N2.C14H20N2.C7H16/c1-15-6-8-19(13-15)18(4)21-9-11-22(12-10-21)20-14-16(2)5-7-17(20)3;1-3-8-15-9-11-16(12-10-15)14-6-4-13(2)5-7-14;1-3-5-7-6-4-2/h5,7,14-15,18-19H,6,8-13H2,1-4H3;3-7H,1,8-12H2,2H3;3-7H2,1-2H3. The van der Waals surface area contributed by atoms with Gasteiger partial charge in [-0.25, -0.2) is 0 Å². The van der Waals surface area contributed by atoms with Gasteiger partial charge in [0.15, 0.2) is 0 Å². The van der Waals surface area contributed by atoms with Crippen molar-refractivity contribution in [2.24, 2.45) is 11.8 Å². The number of piperazine rings is 2. The lowest BCUT2D eigenvalue weighted by Gasteiger charge is -2.41. The number of unbranched alkanes of at least 4 members (excludes halogenated alkanes) is 4. The van der Waals surface area contributed by atoms with Gasteiger partial charge in [0.1, 0.15) is 0 Å². The third-order valence-electron chi connectivity index (χ3n) is 10.4. The molecule has 4 nitrogen and oxygen atoms in total. The molecule has 1 saturated carbocycles. The van der Waals surface area contributed by atoms with E-state index in [4.69, 9.17) is 0 Å². The van der Waals surface area contributed by atoms with Crippen molar-refractivity contribution >= 4 is 11.4 Å². The maximum absolute atomic E-state index is 3.79. The van der Waals surface area contributed by atoms with Gasteiger partial charge in [0.05, 0.1) is 0 Å². The molecule has 2 saturated heterocycles. The van der Waals surface area contributed by atoms with Crippen LogP contribution in [0.1, 0.15) is 95.8 Å². The second-order valence-electron chi connectivity index (χ2n) is 14.2. The Bertz CT molecular complexity index is 1080. The van der Waals surface area contributed by atoms with E-state index in [-0.39, 0.29) is 0 Å². The smallest absolute Gasteiger partial charge is 0.0399 e. The fourth-order valence-corrected chi connectivity index (χ4v) is 7.22. The van der Waals surface area contributed by atoms with Gasteiger partial charge in [-0.15, -0.1) is 6.58 Å². The third kappa shape index (κ3) is 12.4. The number of rotatable bonds is 10. The Morgan fingerprint density at radius 2 is 1.36 bits per heavy atom. The molecule has 4 heteroatoms. The number of hydrogen-bond acceptors (Lipinski definition) is 4. The van der Waals surface area contributed by atoms with Crippen LogP contribution in [0.2, 0.25) is 0 Å². The predicted octanol–water partition coefficient (Wildman–Crippen LogP) is 9.53. The van der Waals surface area contributed by atoms with E-state index in [1.54, 1.807) is 0 Å². The molecule has 3 atom stereocenters. The van der Waals surface area contributed by atoms with Gasteiger partial charge in [0, 0.05) is 76.3 Å². The minimum atomic E-state index is 0.769. The first-order valence-electron chi connectivity index (χ1n) is 18.5. The number of hydrogen-bond donors (Lipinski definition) is 0. The summed E-state index contributed by atoms with van der Waals surface area (Å²) in [5.41, 5.74) is 6.91. The van der Waals surface area contributed by atoms with Crippen LogP contribution in [0, 0.1) is 32.6 Å². The summed E-state index contributed by atoms with van der Waals surface area (Å²) >= 11 is 0. The number of benzene rings is 2. The minimum absolute atomic E-state index is 0.769. The maximum atomic E-state index is 3.79. The summed E-state index contributed by atoms with van der Waals surface area (Å²) < 4.78 is 0. The lowest BCUT2D eigenvalue weighted by Crippen LogP contribution is -2.51. The van der Waals surface area contributed by atoms with Crippen LogP contribution in [-0.2, 0) is 0 Å². The zero-order chi connectivity index (χ0) is 32.6. The van der Waals surface area contributed by atoms with E-state index in [1.165, 1.54) is 106 Å². The Balaban J connectivity index is 0.000000210. The normalized spacial score (nSPS) is 21.4. The zero-order valence-corrected chi connectivity index (χ0v) is 30.4. The first-order valence-corrected chi connectivity index (χ1v) is 18.5. The van der Waals surface area contributed by atoms with E-state index >= 15 is 0 Å². The van der Waals surface area contributed by atoms with Gasteiger partial charge in [-0.2, -0.15) is 0 Å². The summed E-state index contributed by atoms with van der Waals surface area (Å²) in [6.45, 7) is 30.1. The largest absolute Gasteiger partial charge is 0.369 e. The van der Waals surface area contributed by atoms with Crippen molar-refractivity contribution in [3.8, 4) is 0 Å². The molecule has 45 heavy (non-hydrogen) atoms. The van der Waals surface area contributed by atoms with Gasteiger partial charge in [0.2, 0.25) is 0 Å². The second kappa shape index (κ2) is 20.0. The van der Waals surface area contributed by atoms with Crippen LogP contribution in [0.5, 0.6) is 0 Å². The molecule has 0 spiro atoms. The van der Waals surface area contributed by atoms with Crippen molar-refractivity contribution in [3.63, 3.8) is 0 Å². The van der Waals surface area contributed by atoms with Gasteiger partial charge < -0.3 is 9.80 Å². The molecule has 252 valence electrons. The summed E-state index contributed by atoms with van der Waals surface area (Å²) in [5.74, 6) is 1.88. The van der Waals surface area contributed by atoms with Gasteiger partial charge in [-0.1, -0.05) is 95.2 Å². The van der Waals surface area contributed by atoms with Crippen LogP contribution < -0.4 is 9.80 Å². The third-order valence-corrected chi connectivity index (χ3v) is 10.4. The first kappa shape index (κ1) is 37.2. The molecule has 0 radical (unpaired) electrons. The number of nitrogens with zero attached hydrogens (tertiary/aromatic N) is 4. The molecule has 2 aliphatic heterocycles. The van der Waals surface area contributed by atoms with E-state index in [0.717, 1.165) is 50.6 Å². The highest BCUT2D eigenvalue weighted by atomic mass is 15.3. The second-order valence-corrected chi connectivity index (χ2v) is 14.2. The van der Waals surface area contributed by atoms with Crippen LogP contribution in [-0.4, -0.2) is 74.7 Å². The zero-order valence-electron chi connectivity index (χ0n) is 30.4. The maximum Gasteiger partial charge on any atom is 0.0399 e. The van der Waals surface area contributed by atoms with Crippen LogP contribution in [0.3, 0.4) is 0 Å². The summed E-state index contributed by atoms with van der Waals surface area (Å²) in [6.07, 6.45) is 13.3. The van der Waals surface area contributed by atoms with Gasteiger partial charge in [-0.3, -0.25) is 9.80 Å². The quantitative estimate of drug-likeness (QED) is 0.195. The van der Waals surface area contributed by atoms with E-state index in [1.807, 2.05) is 6.08 Å². The fourth-order valence-electron chi connectivity index (χ4n) is 7.22. The lowest BCUT2D eigenvalue weighted by atomic mass is 9.96. The van der Waals surface area contributed by atoms with Crippen molar-refractivity contribution in [1.29, 1.82) is 0 Å².